The van der Waals surface area contributed by atoms with E-state index in [0.29, 0.717) is 11.4 Å². The first-order chi connectivity index (χ1) is 15.4. The molecule has 0 radical (unpaired) electrons. The number of rotatable bonds is 9. The van der Waals surface area contributed by atoms with Crippen LogP contribution in [0.1, 0.15) is 16.1 Å². The average molecular weight is 453 g/mol. The standard InChI is InChI=1S/C22H19N3O6S/c23-12-13-25(18-5-2-1-3-6-18)21(26)16-31-22(27)17-8-10-20(11-9-17)32(28,29)24-15-19-7-4-14-30-19/h1-11,14,24H,13,15-16H2. The normalized spacial score (nSPS) is 10.8. The van der Waals surface area contributed by atoms with Gasteiger partial charge in [-0.25, -0.2) is 17.9 Å². The van der Waals surface area contributed by atoms with E-state index in [1.807, 2.05) is 6.07 Å². The number of ether oxygens (including phenoxy) is 1. The third kappa shape index (κ3) is 5.81. The van der Waals surface area contributed by atoms with Gasteiger partial charge >= 0.3 is 5.97 Å². The number of amides is 1. The van der Waals surface area contributed by atoms with E-state index in [1.165, 1.54) is 35.4 Å². The first-order valence-corrected chi connectivity index (χ1v) is 10.9. The highest BCUT2D eigenvalue weighted by Gasteiger charge is 2.19. The molecule has 0 spiro atoms. The van der Waals surface area contributed by atoms with E-state index in [9.17, 15) is 18.0 Å². The monoisotopic (exact) mass is 453 g/mol. The van der Waals surface area contributed by atoms with Crippen molar-refractivity contribution in [2.24, 2.45) is 0 Å². The molecule has 32 heavy (non-hydrogen) atoms. The van der Waals surface area contributed by atoms with Crippen molar-refractivity contribution in [3.05, 3.63) is 84.3 Å². The van der Waals surface area contributed by atoms with Crippen LogP contribution in [0, 0.1) is 11.3 Å². The van der Waals surface area contributed by atoms with Crippen LogP contribution in [0.2, 0.25) is 0 Å². The number of nitrogens with zero attached hydrogens (tertiary/aromatic N) is 2. The van der Waals surface area contributed by atoms with Crippen molar-refractivity contribution < 1.29 is 27.2 Å². The molecular weight excluding hydrogens is 434 g/mol. The largest absolute Gasteiger partial charge is 0.468 e. The lowest BCUT2D eigenvalue weighted by atomic mass is 10.2. The maximum absolute atomic E-state index is 12.4. The van der Waals surface area contributed by atoms with E-state index in [0.717, 1.165) is 0 Å². The Labute approximate surface area is 184 Å². The molecule has 0 bridgehead atoms. The highest BCUT2D eigenvalue weighted by molar-refractivity contribution is 7.89. The number of hydrogen-bond acceptors (Lipinski definition) is 7. The van der Waals surface area contributed by atoms with Crippen molar-refractivity contribution in [1.82, 2.24) is 4.72 Å². The molecule has 0 atom stereocenters. The Kier molecular flexibility index (Phi) is 7.38. The van der Waals surface area contributed by atoms with Crippen LogP contribution in [-0.4, -0.2) is 33.4 Å². The molecule has 1 amide bonds. The Morgan fingerprint density at radius 2 is 1.75 bits per heavy atom. The van der Waals surface area contributed by atoms with Gasteiger partial charge in [-0.3, -0.25) is 9.69 Å². The lowest BCUT2D eigenvalue weighted by Gasteiger charge is -2.19. The van der Waals surface area contributed by atoms with Gasteiger partial charge in [-0.15, -0.1) is 0 Å². The first-order valence-electron chi connectivity index (χ1n) is 9.42. The molecule has 164 valence electrons. The Balaban J connectivity index is 1.59. The van der Waals surface area contributed by atoms with Crippen LogP contribution < -0.4 is 9.62 Å². The van der Waals surface area contributed by atoms with Crippen LogP contribution in [0.5, 0.6) is 0 Å². The van der Waals surface area contributed by atoms with E-state index < -0.39 is 28.5 Å². The van der Waals surface area contributed by atoms with Crippen LogP contribution in [0.25, 0.3) is 0 Å². The molecule has 0 aliphatic heterocycles. The number of anilines is 1. The van der Waals surface area contributed by atoms with Crippen molar-refractivity contribution >= 4 is 27.6 Å². The quantitative estimate of drug-likeness (QED) is 0.389. The Hall–Kier alpha value is -3.94. The van der Waals surface area contributed by atoms with Gasteiger partial charge in [0.1, 0.15) is 12.3 Å². The van der Waals surface area contributed by atoms with Gasteiger partial charge in [0.15, 0.2) is 6.61 Å². The van der Waals surface area contributed by atoms with E-state index in [2.05, 4.69) is 4.72 Å². The maximum Gasteiger partial charge on any atom is 0.338 e. The summed E-state index contributed by atoms with van der Waals surface area (Å²) in [6, 6.07) is 18.8. The summed E-state index contributed by atoms with van der Waals surface area (Å²) >= 11 is 0. The molecule has 3 rings (SSSR count). The number of para-hydroxylation sites is 1. The Morgan fingerprint density at radius 1 is 1.03 bits per heavy atom. The smallest absolute Gasteiger partial charge is 0.338 e. The minimum absolute atomic E-state index is 0.0121. The number of hydrogen-bond donors (Lipinski definition) is 1. The summed E-state index contributed by atoms with van der Waals surface area (Å²) < 4.78 is 37.2. The molecule has 0 aliphatic carbocycles. The van der Waals surface area contributed by atoms with Crippen molar-refractivity contribution in [2.75, 3.05) is 18.1 Å². The zero-order valence-corrected chi connectivity index (χ0v) is 17.6. The number of nitrogens with one attached hydrogen (secondary N) is 1. The summed E-state index contributed by atoms with van der Waals surface area (Å²) in [5.74, 6) is -0.900. The van der Waals surface area contributed by atoms with Gasteiger partial charge in [0.05, 0.1) is 29.3 Å². The van der Waals surface area contributed by atoms with Gasteiger partial charge in [-0.05, 0) is 48.5 Å². The van der Waals surface area contributed by atoms with Crippen molar-refractivity contribution in [2.45, 2.75) is 11.4 Å². The van der Waals surface area contributed by atoms with Gasteiger partial charge in [-0.2, -0.15) is 5.26 Å². The third-order valence-electron chi connectivity index (χ3n) is 4.34. The van der Waals surface area contributed by atoms with E-state index in [4.69, 9.17) is 14.4 Å². The molecule has 0 unspecified atom stereocenters. The molecular formula is C22H19N3O6S. The molecule has 9 nitrogen and oxygen atoms in total. The maximum atomic E-state index is 12.4. The van der Waals surface area contributed by atoms with Crippen molar-refractivity contribution in [1.29, 1.82) is 5.26 Å². The number of benzene rings is 2. The molecule has 0 fully saturated rings. The SMILES string of the molecule is N#CCN(C(=O)COC(=O)c1ccc(S(=O)(=O)NCc2ccco2)cc1)c1ccccc1. The van der Waals surface area contributed by atoms with E-state index in [1.54, 1.807) is 42.5 Å². The third-order valence-corrected chi connectivity index (χ3v) is 5.76. The zero-order chi connectivity index (χ0) is 23.0. The Morgan fingerprint density at radius 3 is 2.38 bits per heavy atom. The van der Waals surface area contributed by atoms with E-state index in [-0.39, 0.29) is 23.5 Å². The van der Waals surface area contributed by atoms with Crippen molar-refractivity contribution in [3.63, 3.8) is 0 Å². The number of carbonyl (C=O) groups is 2. The molecule has 1 heterocycles. The summed E-state index contributed by atoms with van der Waals surface area (Å²) in [5, 5.41) is 8.97. The van der Waals surface area contributed by atoms with Crippen LogP contribution in [0.3, 0.4) is 0 Å². The molecule has 10 heteroatoms. The summed E-state index contributed by atoms with van der Waals surface area (Å²) in [6.07, 6.45) is 1.44. The zero-order valence-electron chi connectivity index (χ0n) is 16.8. The average Bonchev–Trinajstić information content (AvgIpc) is 3.34. The predicted molar refractivity (Wildman–Crippen MR) is 114 cm³/mol. The molecule has 0 saturated heterocycles. The van der Waals surface area contributed by atoms with Crippen LogP contribution >= 0.6 is 0 Å². The summed E-state index contributed by atoms with van der Waals surface area (Å²) in [7, 11) is -3.81. The second-order valence-electron chi connectivity index (χ2n) is 6.48. The van der Waals surface area contributed by atoms with Gasteiger partial charge < -0.3 is 9.15 Å². The molecule has 1 N–H and O–H groups in total. The number of carbonyl (C=O) groups excluding carboxylic acids is 2. The van der Waals surface area contributed by atoms with Gasteiger partial charge in [0.2, 0.25) is 10.0 Å². The predicted octanol–water partition coefficient (Wildman–Crippen LogP) is 2.47. The fraction of sp³-hybridized carbons (Fsp3) is 0.136. The summed E-state index contributed by atoms with van der Waals surface area (Å²) in [4.78, 5) is 25.9. The lowest BCUT2D eigenvalue weighted by molar-refractivity contribution is -0.121. The second kappa shape index (κ2) is 10.4. The second-order valence-corrected chi connectivity index (χ2v) is 8.24. The topological polar surface area (TPSA) is 130 Å². The summed E-state index contributed by atoms with van der Waals surface area (Å²) in [6.45, 7) is -0.778. The van der Waals surface area contributed by atoms with Crippen molar-refractivity contribution in [3.8, 4) is 6.07 Å². The lowest BCUT2D eigenvalue weighted by Crippen LogP contribution is -2.35. The molecule has 3 aromatic rings. The summed E-state index contributed by atoms with van der Waals surface area (Å²) in [5.41, 5.74) is 0.584. The van der Waals surface area contributed by atoms with Crippen LogP contribution in [0.4, 0.5) is 5.69 Å². The number of nitriles is 1. The Bertz CT molecular complexity index is 1200. The highest BCUT2D eigenvalue weighted by Crippen LogP contribution is 2.15. The van der Waals surface area contributed by atoms with Gasteiger partial charge in [0.25, 0.3) is 5.91 Å². The minimum Gasteiger partial charge on any atom is -0.468 e. The molecule has 2 aromatic carbocycles. The molecule has 1 aromatic heterocycles. The van der Waals surface area contributed by atoms with Crippen LogP contribution in [-0.2, 0) is 26.1 Å². The highest BCUT2D eigenvalue weighted by atomic mass is 32.2. The van der Waals surface area contributed by atoms with Crippen LogP contribution in [0.15, 0.2) is 82.3 Å². The number of sulfonamides is 1. The van der Waals surface area contributed by atoms with Gasteiger partial charge in [0, 0.05) is 5.69 Å². The molecule has 0 aliphatic rings. The fourth-order valence-corrected chi connectivity index (χ4v) is 3.72. The van der Waals surface area contributed by atoms with Gasteiger partial charge in [-0.1, -0.05) is 18.2 Å². The number of esters is 1. The molecule has 0 saturated carbocycles. The first kappa shape index (κ1) is 22.7. The fourth-order valence-electron chi connectivity index (χ4n) is 2.72. The van der Waals surface area contributed by atoms with E-state index >= 15 is 0 Å². The number of furan rings is 1. The minimum atomic E-state index is -3.81.